The van der Waals surface area contributed by atoms with E-state index in [1.54, 1.807) is 0 Å². The third-order valence-electron chi connectivity index (χ3n) is 3.33. The van der Waals surface area contributed by atoms with Gasteiger partial charge in [-0.1, -0.05) is 0 Å². The second-order valence-corrected chi connectivity index (χ2v) is 5.03. The molecule has 0 bridgehead atoms. The van der Waals surface area contributed by atoms with Crippen LogP contribution in [0.15, 0.2) is 0 Å². The van der Waals surface area contributed by atoms with Gasteiger partial charge in [0.1, 0.15) is 11.4 Å². The molecule has 98 valence electrons. The molecule has 3 rings (SSSR count). The number of amides is 1. The first-order valence-electron chi connectivity index (χ1n) is 6.17. The lowest BCUT2D eigenvalue weighted by Crippen LogP contribution is -2.43. The maximum atomic E-state index is 11.8. The summed E-state index contributed by atoms with van der Waals surface area (Å²) in [5, 5.41) is 19.3. The molecule has 0 aromatic carbocycles. The first-order chi connectivity index (χ1) is 8.66. The Kier molecular flexibility index (Phi) is 2.79. The second-order valence-electron chi connectivity index (χ2n) is 5.03. The molecule has 18 heavy (non-hydrogen) atoms. The molecule has 0 radical (unpaired) electrons. The number of carbonyl (C=O) groups excluding carboxylic acids is 1. The van der Waals surface area contributed by atoms with Gasteiger partial charge in [-0.25, -0.2) is 4.98 Å². The third kappa shape index (κ3) is 2.37. The van der Waals surface area contributed by atoms with E-state index in [1.807, 2.05) is 0 Å². The number of ether oxygens (including phenoxy) is 1. The van der Waals surface area contributed by atoms with Crippen molar-refractivity contribution in [2.45, 2.75) is 30.8 Å². The highest BCUT2D eigenvalue weighted by Crippen LogP contribution is 2.37. The van der Waals surface area contributed by atoms with E-state index >= 15 is 0 Å². The van der Waals surface area contributed by atoms with Gasteiger partial charge in [0.15, 0.2) is 0 Å². The number of hydrogen-bond donors (Lipinski definition) is 3. The van der Waals surface area contributed by atoms with E-state index in [2.05, 4.69) is 20.5 Å². The van der Waals surface area contributed by atoms with Gasteiger partial charge in [0.25, 0.3) is 5.91 Å². The van der Waals surface area contributed by atoms with E-state index < -0.39 is 5.60 Å². The van der Waals surface area contributed by atoms with Gasteiger partial charge in [0.05, 0.1) is 6.61 Å². The van der Waals surface area contributed by atoms with Gasteiger partial charge in [0.2, 0.25) is 5.82 Å². The minimum Gasteiger partial charge on any atom is -0.386 e. The van der Waals surface area contributed by atoms with Crippen LogP contribution in [0.5, 0.6) is 0 Å². The molecule has 1 atom stereocenters. The van der Waals surface area contributed by atoms with Crippen LogP contribution in [0.25, 0.3) is 0 Å². The molecule has 1 aliphatic carbocycles. The minimum absolute atomic E-state index is 0.138. The first-order valence-corrected chi connectivity index (χ1v) is 6.17. The van der Waals surface area contributed by atoms with Crippen LogP contribution in [0.3, 0.4) is 0 Å². The molecule has 3 N–H and O–H groups in total. The molecular formula is C11H16N4O3. The maximum Gasteiger partial charge on any atom is 0.291 e. The number of aromatic amines is 1. The fourth-order valence-electron chi connectivity index (χ4n) is 1.97. The van der Waals surface area contributed by atoms with Gasteiger partial charge in [0, 0.05) is 25.5 Å². The highest BCUT2D eigenvalue weighted by Gasteiger charge is 2.33. The van der Waals surface area contributed by atoms with Crippen LogP contribution in [0.2, 0.25) is 0 Å². The fourth-order valence-corrected chi connectivity index (χ4v) is 1.97. The molecule has 1 saturated carbocycles. The number of hydrogen-bond acceptors (Lipinski definition) is 5. The molecule has 1 aromatic heterocycles. The van der Waals surface area contributed by atoms with Gasteiger partial charge in [-0.2, -0.15) is 0 Å². The lowest BCUT2D eigenvalue weighted by Gasteiger charge is -2.19. The Morgan fingerprint density at radius 2 is 2.44 bits per heavy atom. The highest BCUT2D eigenvalue weighted by molar-refractivity contribution is 5.90. The van der Waals surface area contributed by atoms with Crippen molar-refractivity contribution in [3.05, 3.63) is 11.6 Å². The average molecular weight is 252 g/mol. The number of aliphatic hydroxyl groups is 1. The van der Waals surface area contributed by atoms with E-state index in [0.29, 0.717) is 18.9 Å². The van der Waals surface area contributed by atoms with Gasteiger partial charge < -0.3 is 15.2 Å². The zero-order valence-electron chi connectivity index (χ0n) is 9.98. The van der Waals surface area contributed by atoms with Crippen LogP contribution in [-0.4, -0.2) is 51.6 Å². The summed E-state index contributed by atoms with van der Waals surface area (Å²) in [7, 11) is 0. The molecule has 2 fully saturated rings. The summed E-state index contributed by atoms with van der Waals surface area (Å²) in [6.45, 7) is 0.951. The predicted molar refractivity (Wildman–Crippen MR) is 61.1 cm³/mol. The topological polar surface area (TPSA) is 100 Å². The minimum atomic E-state index is -0.953. The standard InChI is InChI=1S/C11H16N4O3/c16-10(12-5-11(17)3-4-18-6-11)9-13-8(14-15-9)7-1-2-7/h7,17H,1-6H2,(H,12,16)(H,13,14,15). The molecule has 7 heteroatoms. The molecule has 1 aliphatic heterocycles. The summed E-state index contributed by atoms with van der Waals surface area (Å²) in [5.41, 5.74) is -0.953. The Balaban J connectivity index is 1.56. The Morgan fingerprint density at radius 1 is 1.61 bits per heavy atom. The first kappa shape index (κ1) is 11.6. The van der Waals surface area contributed by atoms with Crippen LogP contribution >= 0.6 is 0 Å². The number of H-pyrrole nitrogens is 1. The number of nitrogens with one attached hydrogen (secondary N) is 2. The second kappa shape index (κ2) is 4.33. The van der Waals surface area contributed by atoms with Crippen molar-refractivity contribution in [3.63, 3.8) is 0 Å². The summed E-state index contributed by atoms with van der Waals surface area (Å²) < 4.78 is 5.10. The Bertz CT molecular complexity index is 449. The largest absolute Gasteiger partial charge is 0.386 e. The van der Waals surface area contributed by atoms with Crippen molar-refractivity contribution < 1.29 is 14.6 Å². The fraction of sp³-hybridized carbons (Fsp3) is 0.727. The van der Waals surface area contributed by atoms with E-state index in [1.165, 1.54) is 0 Å². The van der Waals surface area contributed by atoms with Gasteiger partial charge in [-0.15, -0.1) is 5.10 Å². The van der Waals surface area contributed by atoms with Crippen molar-refractivity contribution in [1.29, 1.82) is 0 Å². The number of aromatic nitrogens is 3. The van der Waals surface area contributed by atoms with Crippen molar-refractivity contribution in [3.8, 4) is 0 Å². The molecular weight excluding hydrogens is 236 g/mol. The lowest BCUT2D eigenvalue weighted by molar-refractivity contribution is 0.0263. The SMILES string of the molecule is O=C(NCC1(O)CCOC1)c1n[nH]c(C2CC2)n1. The van der Waals surface area contributed by atoms with Crippen LogP contribution < -0.4 is 5.32 Å². The van der Waals surface area contributed by atoms with E-state index in [9.17, 15) is 9.90 Å². The average Bonchev–Trinajstić information content (AvgIpc) is 2.93. The number of rotatable bonds is 4. The number of nitrogens with zero attached hydrogens (tertiary/aromatic N) is 2. The third-order valence-corrected chi connectivity index (χ3v) is 3.33. The van der Waals surface area contributed by atoms with Crippen LogP contribution in [0.1, 0.15) is 41.6 Å². The van der Waals surface area contributed by atoms with E-state index in [4.69, 9.17) is 4.74 Å². The van der Waals surface area contributed by atoms with Gasteiger partial charge in [-0.05, 0) is 12.8 Å². The smallest absolute Gasteiger partial charge is 0.291 e. The predicted octanol–water partition coefficient (Wildman–Crippen LogP) is -0.437. The summed E-state index contributed by atoms with van der Waals surface area (Å²) in [6.07, 6.45) is 2.75. The van der Waals surface area contributed by atoms with Crippen molar-refractivity contribution in [1.82, 2.24) is 20.5 Å². The monoisotopic (exact) mass is 252 g/mol. The molecule has 2 aliphatic rings. The highest BCUT2D eigenvalue weighted by atomic mass is 16.5. The van der Waals surface area contributed by atoms with Crippen molar-refractivity contribution in [2.75, 3.05) is 19.8 Å². The van der Waals surface area contributed by atoms with Gasteiger partial charge in [-0.3, -0.25) is 9.89 Å². The lowest BCUT2D eigenvalue weighted by atomic mass is 10.0. The zero-order valence-corrected chi connectivity index (χ0v) is 9.98. The van der Waals surface area contributed by atoms with Crippen LogP contribution in [0.4, 0.5) is 0 Å². The normalized spacial score (nSPS) is 27.4. The van der Waals surface area contributed by atoms with Crippen molar-refractivity contribution >= 4 is 5.91 Å². The van der Waals surface area contributed by atoms with E-state index in [-0.39, 0.29) is 24.9 Å². The molecule has 1 aromatic rings. The van der Waals surface area contributed by atoms with E-state index in [0.717, 1.165) is 18.7 Å². The number of carbonyl (C=O) groups is 1. The molecule has 2 heterocycles. The Morgan fingerprint density at radius 3 is 3.11 bits per heavy atom. The Hall–Kier alpha value is -1.47. The molecule has 1 unspecified atom stereocenters. The quantitative estimate of drug-likeness (QED) is 0.674. The molecule has 7 nitrogen and oxygen atoms in total. The van der Waals surface area contributed by atoms with Crippen LogP contribution in [-0.2, 0) is 4.74 Å². The zero-order chi connectivity index (χ0) is 12.6. The molecule has 0 spiro atoms. The Labute approximate surface area is 104 Å². The van der Waals surface area contributed by atoms with Gasteiger partial charge >= 0.3 is 0 Å². The molecule has 1 saturated heterocycles. The summed E-state index contributed by atoms with van der Waals surface area (Å²) in [5.74, 6) is 0.993. The molecule has 1 amide bonds. The summed E-state index contributed by atoms with van der Waals surface area (Å²) >= 11 is 0. The van der Waals surface area contributed by atoms with Crippen molar-refractivity contribution in [2.24, 2.45) is 0 Å². The maximum absolute atomic E-state index is 11.8. The summed E-state index contributed by atoms with van der Waals surface area (Å²) in [6, 6.07) is 0. The van der Waals surface area contributed by atoms with Crippen LogP contribution in [0, 0.1) is 0 Å². The summed E-state index contributed by atoms with van der Waals surface area (Å²) in [4.78, 5) is 15.9.